The van der Waals surface area contributed by atoms with E-state index in [2.05, 4.69) is 4.74 Å². The van der Waals surface area contributed by atoms with Gasteiger partial charge in [0.25, 0.3) is 6.01 Å². The Balaban J connectivity index is 2.48. The van der Waals surface area contributed by atoms with Crippen LogP contribution in [-0.4, -0.2) is 7.11 Å². The summed E-state index contributed by atoms with van der Waals surface area (Å²) in [5.41, 5.74) is 2.30. The first kappa shape index (κ1) is 13.3. The van der Waals surface area contributed by atoms with Crippen molar-refractivity contribution in [2.45, 2.75) is 20.5 Å². The zero-order valence-corrected chi connectivity index (χ0v) is 10.4. The van der Waals surface area contributed by atoms with Gasteiger partial charge in [-0.2, -0.15) is 4.39 Å². The van der Waals surface area contributed by atoms with Crippen molar-refractivity contribution in [3.8, 4) is 0 Å². The molecular formula is C14H17FO2. The largest absolute Gasteiger partial charge is 0.494 e. The first-order valence-electron chi connectivity index (χ1n) is 5.38. The van der Waals surface area contributed by atoms with E-state index < -0.39 is 6.01 Å². The van der Waals surface area contributed by atoms with Gasteiger partial charge in [0, 0.05) is 6.08 Å². The Hall–Kier alpha value is -1.77. The first-order valence-corrected chi connectivity index (χ1v) is 5.38. The minimum Gasteiger partial charge on any atom is -0.494 e. The molecule has 17 heavy (non-hydrogen) atoms. The maximum absolute atomic E-state index is 12.6. The number of methoxy groups -OCH3 is 1. The minimum absolute atomic E-state index is 0.477. The molecule has 0 aliphatic heterocycles. The van der Waals surface area contributed by atoms with Crippen LogP contribution in [0.5, 0.6) is 0 Å². The summed E-state index contributed by atoms with van der Waals surface area (Å²) >= 11 is 0. The van der Waals surface area contributed by atoms with Crippen LogP contribution in [-0.2, 0) is 16.1 Å². The number of rotatable bonds is 5. The van der Waals surface area contributed by atoms with Gasteiger partial charge in [-0.25, -0.2) is 0 Å². The lowest BCUT2D eigenvalue weighted by Crippen LogP contribution is -1.90. The summed E-state index contributed by atoms with van der Waals surface area (Å²) in [6.07, 6.45) is 2.76. The van der Waals surface area contributed by atoms with Crippen LogP contribution in [0, 0.1) is 6.92 Å². The number of halogens is 1. The van der Waals surface area contributed by atoms with Crippen molar-refractivity contribution in [1.29, 1.82) is 0 Å². The SMILES string of the molecule is CO/C(F)=C\C=C(/C)OCc1ccc(C)cc1. The molecule has 1 rings (SSSR count). The lowest BCUT2D eigenvalue weighted by Gasteiger charge is -2.06. The van der Waals surface area contributed by atoms with E-state index in [1.807, 2.05) is 31.2 Å². The highest BCUT2D eigenvalue weighted by Gasteiger charge is 1.94. The summed E-state index contributed by atoms with van der Waals surface area (Å²) in [5.74, 6) is 0.637. The second-order valence-corrected chi connectivity index (χ2v) is 3.73. The van der Waals surface area contributed by atoms with E-state index in [1.54, 1.807) is 6.92 Å². The number of hydrogen-bond donors (Lipinski definition) is 0. The Kier molecular flexibility index (Phi) is 5.27. The molecule has 0 radical (unpaired) electrons. The van der Waals surface area contributed by atoms with E-state index in [0.29, 0.717) is 12.4 Å². The molecule has 0 spiro atoms. The number of benzene rings is 1. The van der Waals surface area contributed by atoms with Gasteiger partial charge in [-0.15, -0.1) is 0 Å². The molecule has 0 unspecified atom stereocenters. The third-order valence-corrected chi connectivity index (χ3v) is 2.23. The fraction of sp³-hybridized carbons (Fsp3) is 0.286. The molecule has 0 amide bonds. The topological polar surface area (TPSA) is 18.5 Å². The predicted octanol–water partition coefficient (Wildman–Crippen LogP) is 3.87. The number of allylic oxidation sites excluding steroid dienone is 3. The fourth-order valence-corrected chi connectivity index (χ4v) is 1.18. The highest BCUT2D eigenvalue weighted by molar-refractivity contribution is 5.20. The summed E-state index contributed by atoms with van der Waals surface area (Å²) < 4.78 is 22.5. The van der Waals surface area contributed by atoms with Crippen LogP contribution in [0.15, 0.2) is 48.2 Å². The van der Waals surface area contributed by atoms with Crippen LogP contribution >= 0.6 is 0 Å². The van der Waals surface area contributed by atoms with Gasteiger partial charge in [-0.3, -0.25) is 0 Å². The molecule has 3 heteroatoms. The number of hydrogen-bond acceptors (Lipinski definition) is 2. The summed E-state index contributed by atoms with van der Waals surface area (Å²) in [6.45, 7) is 4.28. The molecular weight excluding hydrogens is 219 g/mol. The summed E-state index contributed by atoms with van der Waals surface area (Å²) in [4.78, 5) is 0. The van der Waals surface area contributed by atoms with Crippen molar-refractivity contribution in [1.82, 2.24) is 0 Å². The van der Waals surface area contributed by atoms with Crippen molar-refractivity contribution in [3.05, 3.63) is 59.3 Å². The third-order valence-electron chi connectivity index (χ3n) is 2.23. The Bertz CT molecular complexity index is 405. The van der Waals surface area contributed by atoms with Gasteiger partial charge < -0.3 is 9.47 Å². The van der Waals surface area contributed by atoms with Crippen molar-refractivity contribution < 1.29 is 13.9 Å². The van der Waals surface area contributed by atoms with Gasteiger partial charge in [0.2, 0.25) is 0 Å². The van der Waals surface area contributed by atoms with Crippen LogP contribution in [0.1, 0.15) is 18.1 Å². The lowest BCUT2D eigenvalue weighted by molar-refractivity contribution is 0.196. The molecule has 0 saturated heterocycles. The third kappa shape index (κ3) is 5.20. The van der Waals surface area contributed by atoms with Crippen molar-refractivity contribution in [2.75, 3.05) is 7.11 Å². The molecule has 0 aliphatic carbocycles. The standard InChI is InChI=1S/C14H17FO2/c1-11-4-7-13(8-5-11)10-17-12(2)6-9-14(15)16-3/h4-9H,10H2,1-3H3/b12-6+,14-9-. The zero-order chi connectivity index (χ0) is 12.7. The molecule has 0 fully saturated rings. The van der Waals surface area contributed by atoms with Gasteiger partial charge in [-0.1, -0.05) is 29.8 Å². The number of ether oxygens (including phenoxy) is 2. The molecule has 0 heterocycles. The van der Waals surface area contributed by atoms with E-state index in [4.69, 9.17) is 4.74 Å². The summed E-state index contributed by atoms with van der Waals surface area (Å²) in [5, 5.41) is 0. The number of aryl methyl sites for hydroxylation is 1. The smallest absolute Gasteiger partial charge is 0.272 e. The Labute approximate surface area is 101 Å². The van der Waals surface area contributed by atoms with Gasteiger partial charge in [-0.05, 0) is 25.5 Å². The second kappa shape index (κ2) is 6.74. The lowest BCUT2D eigenvalue weighted by atomic mass is 10.2. The van der Waals surface area contributed by atoms with Crippen LogP contribution in [0.25, 0.3) is 0 Å². The monoisotopic (exact) mass is 236 g/mol. The normalized spacial score (nSPS) is 12.5. The predicted molar refractivity (Wildman–Crippen MR) is 65.9 cm³/mol. The molecule has 0 bridgehead atoms. The first-order chi connectivity index (χ1) is 8.11. The second-order valence-electron chi connectivity index (χ2n) is 3.73. The Morgan fingerprint density at radius 2 is 1.88 bits per heavy atom. The maximum Gasteiger partial charge on any atom is 0.272 e. The highest BCUT2D eigenvalue weighted by Crippen LogP contribution is 2.08. The maximum atomic E-state index is 12.6. The Morgan fingerprint density at radius 3 is 2.47 bits per heavy atom. The van der Waals surface area contributed by atoms with Gasteiger partial charge in [0.15, 0.2) is 0 Å². The van der Waals surface area contributed by atoms with Gasteiger partial charge >= 0.3 is 0 Å². The molecule has 0 saturated carbocycles. The fourth-order valence-electron chi connectivity index (χ4n) is 1.18. The highest BCUT2D eigenvalue weighted by atomic mass is 19.1. The average molecular weight is 236 g/mol. The molecule has 1 aromatic carbocycles. The van der Waals surface area contributed by atoms with E-state index in [1.165, 1.54) is 24.8 Å². The van der Waals surface area contributed by atoms with E-state index in [-0.39, 0.29) is 0 Å². The molecule has 0 N–H and O–H groups in total. The van der Waals surface area contributed by atoms with E-state index >= 15 is 0 Å². The Morgan fingerprint density at radius 1 is 1.24 bits per heavy atom. The van der Waals surface area contributed by atoms with Gasteiger partial charge in [0.05, 0.1) is 12.9 Å². The van der Waals surface area contributed by atoms with Crippen LogP contribution < -0.4 is 0 Å². The molecule has 2 nitrogen and oxygen atoms in total. The van der Waals surface area contributed by atoms with E-state index in [9.17, 15) is 4.39 Å². The molecule has 0 aliphatic rings. The summed E-state index contributed by atoms with van der Waals surface area (Å²) in [6, 6.07) is 7.44. The van der Waals surface area contributed by atoms with Crippen LogP contribution in [0.2, 0.25) is 0 Å². The van der Waals surface area contributed by atoms with Crippen LogP contribution in [0.3, 0.4) is 0 Å². The molecule has 0 aromatic heterocycles. The summed E-state index contributed by atoms with van der Waals surface area (Å²) in [7, 11) is 1.28. The van der Waals surface area contributed by atoms with E-state index in [0.717, 1.165) is 5.56 Å². The quantitative estimate of drug-likeness (QED) is 0.570. The van der Waals surface area contributed by atoms with Gasteiger partial charge in [0.1, 0.15) is 6.61 Å². The molecule has 0 atom stereocenters. The van der Waals surface area contributed by atoms with Crippen molar-refractivity contribution in [2.24, 2.45) is 0 Å². The average Bonchev–Trinajstić information content (AvgIpc) is 2.35. The molecule has 92 valence electrons. The van der Waals surface area contributed by atoms with Crippen LogP contribution in [0.4, 0.5) is 4.39 Å². The van der Waals surface area contributed by atoms with Crippen molar-refractivity contribution in [3.63, 3.8) is 0 Å². The zero-order valence-electron chi connectivity index (χ0n) is 10.4. The minimum atomic E-state index is -0.636. The van der Waals surface area contributed by atoms with Crippen molar-refractivity contribution >= 4 is 0 Å². The molecule has 1 aromatic rings.